The maximum Gasteiger partial charge on any atom is 0.160 e. The highest BCUT2D eigenvalue weighted by molar-refractivity contribution is 6.09. The average Bonchev–Trinajstić information content (AvgIpc) is 3.74. The van der Waals surface area contributed by atoms with Gasteiger partial charge in [-0.25, -0.2) is 9.97 Å². The smallest absolute Gasteiger partial charge is 0.160 e. The SMILES string of the molecule is c1ccc(-c2cccc(-c3nc(-c4ccccc4)nc4c3Cc3cc(-c5cccc(-n6c7ccccc7c7ccccc76)c5)ccc3-4)c2)cc1. The van der Waals surface area contributed by atoms with Gasteiger partial charge in [0.25, 0.3) is 0 Å². The molecule has 0 fully saturated rings. The Labute approximate surface area is 290 Å². The molecule has 50 heavy (non-hydrogen) atoms. The van der Waals surface area contributed by atoms with E-state index in [0.717, 1.165) is 40.4 Å². The fraction of sp³-hybridized carbons (Fsp3) is 0.0213. The predicted octanol–water partition coefficient (Wildman–Crippen LogP) is 11.8. The fourth-order valence-corrected chi connectivity index (χ4v) is 7.67. The van der Waals surface area contributed by atoms with Crippen LogP contribution >= 0.6 is 0 Å². The van der Waals surface area contributed by atoms with Gasteiger partial charge in [-0.2, -0.15) is 0 Å². The van der Waals surface area contributed by atoms with E-state index < -0.39 is 0 Å². The number of fused-ring (bicyclic) bond motifs is 6. The molecule has 0 amide bonds. The molecule has 7 aromatic carbocycles. The number of hydrogen-bond acceptors (Lipinski definition) is 2. The zero-order valence-corrected chi connectivity index (χ0v) is 27.3. The van der Waals surface area contributed by atoms with Crippen LogP contribution in [0.2, 0.25) is 0 Å². The van der Waals surface area contributed by atoms with Crippen LogP contribution in [0.5, 0.6) is 0 Å². The van der Waals surface area contributed by atoms with Crippen LogP contribution in [-0.4, -0.2) is 14.5 Å². The molecule has 0 radical (unpaired) electrons. The second-order valence-electron chi connectivity index (χ2n) is 13.0. The Morgan fingerprint density at radius 1 is 0.400 bits per heavy atom. The molecule has 0 atom stereocenters. The Morgan fingerprint density at radius 2 is 0.960 bits per heavy atom. The molecule has 10 rings (SSSR count). The molecule has 0 saturated carbocycles. The third kappa shape index (κ3) is 4.67. The van der Waals surface area contributed by atoms with Crippen LogP contribution in [0.15, 0.2) is 176 Å². The highest BCUT2D eigenvalue weighted by atomic mass is 15.0. The predicted molar refractivity (Wildman–Crippen MR) is 206 cm³/mol. The maximum atomic E-state index is 5.26. The summed E-state index contributed by atoms with van der Waals surface area (Å²) in [5.41, 5.74) is 16.1. The Bertz CT molecular complexity index is 2670. The van der Waals surface area contributed by atoms with E-state index in [1.165, 1.54) is 60.8 Å². The van der Waals surface area contributed by atoms with Crippen molar-refractivity contribution in [3.63, 3.8) is 0 Å². The summed E-state index contributed by atoms with van der Waals surface area (Å²) in [6.45, 7) is 0. The van der Waals surface area contributed by atoms with Gasteiger partial charge in [0.2, 0.25) is 0 Å². The van der Waals surface area contributed by atoms with E-state index in [9.17, 15) is 0 Å². The average molecular weight is 638 g/mol. The maximum absolute atomic E-state index is 5.26. The molecular weight excluding hydrogens is 607 g/mol. The Balaban J connectivity index is 1.09. The van der Waals surface area contributed by atoms with Crippen LogP contribution in [-0.2, 0) is 6.42 Å². The van der Waals surface area contributed by atoms with Gasteiger partial charge in [-0.05, 0) is 58.1 Å². The molecule has 0 saturated heterocycles. The fourth-order valence-electron chi connectivity index (χ4n) is 7.67. The van der Waals surface area contributed by atoms with Gasteiger partial charge in [-0.3, -0.25) is 0 Å². The van der Waals surface area contributed by atoms with E-state index in [-0.39, 0.29) is 0 Å². The van der Waals surface area contributed by atoms with E-state index in [2.05, 4.69) is 174 Å². The summed E-state index contributed by atoms with van der Waals surface area (Å²) in [6, 6.07) is 62.8. The Morgan fingerprint density at radius 3 is 1.70 bits per heavy atom. The molecular formula is C47H31N3. The minimum Gasteiger partial charge on any atom is -0.309 e. The van der Waals surface area contributed by atoms with Crippen molar-refractivity contribution < 1.29 is 0 Å². The number of benzene rings is 7. The topological polar surface area (TPSA) is 30.7 Å². The van der Waals surface area contributed by atoms with Crippen molar-refractivity contribution in [3.8, 4) is 61.8 Å². The lowest BCUT2D eigenvalue weighted by atomic mass is 9.98. The van der Waals surface area contributed by atoms with Crippen molar-refractivity contribution in [2.45, 2.75) is 6.42 Å². The molecule has 0 spiro atoms. The van der Waals surface area contributed by atoms with Gasteiger partial charge >= 0.3 is 0 Å². The number of para-hydroxylation sites is 2. The first-order valence-corrected chi connectivity index (χ1v) is 17.1. The second kappa shape index (κ2) is 11.5. The van der Waals surface area contributed by atoms with E-state index >= 15 is 0 Å². The molecule has 0 aliphatic heterocycles. The molecule has 3 nitrogen and oxygen atoms in total. The molecule has 3 heteroatoms. The standard InChI is InChI=1S/C47H31N3/c1-3-13-31(14-4-1)33-17-11-19-36(27-33)45-42-30-37-28-35(25-26-39(37)46(42)49-47(48-45)32-15-5-2-6-16-32)34-18-12-20-38(29-34)50-43-23-9-7-21-40(43)41-22-8-10-24-44(41)50/h1-29H,30H2. The van der Waals surface area contributed by atoms with E-state index in [0.29, 0.717) is 0 Å². The summed E-state index contributed by atoms with van der Waals surface area (Å²) in [7, 11) is 0. The van der Waals surface area contributed by atoms with Crippen molar-refractivity contribution in [1.29, 1.82) is 0 Å². The number of aromatic nitrogens is 3. The highest BCUT2D eigenvalue weighted by Crippen LogP contribution is 2.43. The molecule has 2 aromatic heterocycles. The van der Waals surface area contributed by atoms with Gasteiger partial charge in [0.15, 0.2) is 5.82 Å². The van der Waals surface area contributed by atoms with E-state index in [4.69, 9.17) is 9.97 Å². The number of rotatable bonds is 5. The van der Waals surface area contributed by atoms with Crippen molar-refractivity contribution in [3.05, 3.63) is 187 Å². The van der Waals surface area contributed by atoms with Gasteiger partial charge in [0.05, 0.1) is 22.4 Å². The molecule has 234 valence electrons. The van der Waals surface area contributed by atoms with Crippen LogP contribution in [0.4, 0.5) is 0 Å². The van der Waals surface area contributed by atoms with Gasteiger partial charge < -0.3 is 4.57 Å². The number of hydrogen-bond donors (Lipinski definition) is 0. The third-order valence-corrected chi connectivity index (χ3v) is 10.0. The lowest BCUT2D eigenvalue weighted by Crippen LogP contribution is -1.99. The lowest BCUT2D eigenvalue weighted by molar-refractivity contribution is 1.13. The summed E-state index contributed by atoms with van der Waals surface area (Å²) < 4.78 is 2.38. The van der Waals surface area contributed by atoms with Crippen LogP contribution in [0.1, 0.15) is 11.1 Å². The molecule has 0 bridgehead atoms. The van der Waals surface area contributed by atoms with Crippen LogP contribution in [0.25, 0.3) is 83.6 Å². The number of nitrogens with zero attached hydrogens (tertiary/aromatic N) is 3. The summed E-state index contributed by atoms with van der Waals surface area (Å²) in [6.07, 6.45) is 0.783. The minimum atomic E-state index is 0.750. The van der Waals surface area contributed by atoms with E-state index in [1.54, 1.807) is 0 Å². The first-order valence-electron chi connectivity index (χ1n) is 17.1. The van der Waals surface area contributed by atoms with Gasteiger partial charge in [-0.1, -0.05) is 146 Å². The molecule has 1 aliphatic carbocycles. The van der Waals surface area contributed by atoms with Crippen molar-refractivity contribution in [2.24, 2.45) is 0 Å². The van der Waals surface area contributed by atoms with Crippen molar-refractivity contribution in [1.82, 2.24) is 14.5 Å². The third-order valence-electron chi connectivity index (χ3n) is 10.0. The quantitative estimate of drug-likeness (QED) is 0.188. The van der Waals surface area contributed by atoms with Gasteiger partial charge in [-0.15, -0.1) is 0 Å². The van der Waals surface area contributed by atoms with Crippen LogP contribution in [0.3, 0.4) is 0 Å². The first kappa shape index (κ1) is 28.4. The summed E-state index contributed by atoms with van der Waals surface area (Å²) in [4.78, 5) is 10.5. The van der Waals surface area contributed by atoms with Crippen LogP contribution in [0, 0.1) is 0 Å². The summed E-state index contributed by atoms with van der Waals surface area (Å²) >= 11 is 0. The van der Waals surface area contributed by atoms with E-state index in [1.807, 2.05) is 6.07 Å². The Kier molecular flexibility index (Phi) is 6.56. The second-order valence-corrected chi connectivity index (χ2v) is 13.0. The zero-order chi connectivity index (χ0) is 33.0. The molecule has 9 aromatic rings. The van der Waals surface area contributed by atoms with Crippen molar-refractivity contribution >= 4 is 21.8 Å². The summed E-state index contributed by atoms with van der Waals surface area (Å²) in [5, 5.41) is 2.54. The van der Waals surface area contributed by atoms with Gasteiger partial charge in [0.1, 0.15) is 0 Å². The van der Waals surface area contributed by atoms with Crippen LogP contribution < -0.4 is 0 Å². The summed E-state index contributed by atoms with van der Waals surface area (Å²) in [5.74, 6) is 0.750. The normalized spacial score (nSPS) is 11.9. The van der Waals surface area contributed by atoms with Crippen molar-refractivity contribution in [2.75, 3.05) is 0 Å². The molecule has 0 unspecified atom stereocenters. The molecule has 2 heterocycles. The lowest BCUT2D eigenvalue weighted by Gasteiger charge is -2.12. The molecule has 0 N–H and O–H groups in total. The largest absolute Gasteiger partial charge is 0.309 e. The first-order chi connectivity index (χ1) is 24.8. The van der Waals surface area contributed by atoms with Gasteiger partial charge in [0, 0.05) is 45.1 Å². The highest BCUT2D eigenvalue weighted by Gasteiger charge is 2.27. The minimum absolute atomic E-state index is 0.750. The Hall–Kier alpha value is -6.58. The zero-order valence-electron chi connectivity index (χ0n) is 27.3. The monoisotopic (exact) mass is 637 g/mol. The molecule has 1 aliphatic rings.